The molecule has 0 aliphatic heterocycles. The van der Waals surface area contributed by atoms with E-state index >= 15 is 0 Å². The number of rotatable bonds is 3. The number of hydrogen-bond acceptors (Lipinski definition) is 4. The fraction of sp³-hybridized carbons (Fsp3) is 0.105. The van der Waals surface area contributed by atoms with Crippen LogP contribution < -0.4 is 0 Å². The average Bonchev–Trinajstić information content (AvgIpc) is 2.63. The number of nitriles is 1. The zero-order chi connectivity index (χ0) is 16.3. The van der Waals surface area contributed by atoms with Gasteiger partial charge in [-0.15, -0.1) is 0 Å². The largest absolute Gasteiger partial charge is 0.379 e. The third-order valence-corrected chi connectivity index (χ3v) is 3.85. The van der Waals surface area contributed by atoms with Crippen molar-refractivity contribution in [2.45, 2.75) is 12.5 Å². The Morgan fingerprint density at radius 3 is 2.17 bits per heavy atom. The predicted octanol–water partition coefficient (Wildman–Crippen LogP) is 3.27. The van der Waals surface area contributed by atoms with E-state index in [9.17, 15) is 5.11 Å². The molecule has 1 aromatic carbocycles. The maximum absolute atomic E-state index is 10.8. The van der Waals surface area contributed by atoms with Crippen molar-refractivity contribution in [1.82, 2.24) is 9.97 Å². The van der Waals surface area contributed by atoms with Crippen molar-refractivity contribution in [2.24, 2.45) is 0 Å². The van der Waals surface area contributed by atoms with E-state index in [2.05, 4.69) is 16.0 Å². The summed E-state index contributed by atoms with van der Waals surface area (Å²) < 4.78 is 0. The van der Waals surface area contributed by atoms with Gasteiger partial charge in [-0.05, 0) is 48.4 Å². The quantitative estimate of drug-likeness (QED) is 0.806. The summed E-state index contributed by atoms with van der Waals surface area (Å²) in [5, 5.41) is 19.6. The van der Waals surface area contributed by atoms with Crippen LogP contribution in [0, 0.1) is 11.3 Å². The SMILES string of the molecule is CC(O)(c1ccncc1)c1ccc(-c2ccc(C#N)cc2)cn1. The van der Waals surface area contributed by atoms with Gasteiger partial charge >= 0.3 is 0 Å². The van der Waals surface area contributed by atoms with Crippen LogP contribution in [0.5, 0.6) is 0 Å². The Kier molecular flexibility index (Phi) is 3.88. The van der Waals surface area contributed by atoms with Crippen LogP contribution in [-0.2, 0) is 5.60 Å². The lowest BCUT2D eigenvalue weighted by Gasteiger charge is -2.23. The Labute approximate surface area is 134 Å². The Morgan fingerprint density at radius 1 is 0.957 bits per heavy atom. The van der Waals surface area contributed by atoms with Crippen molar-refractivity contribution in [2.75, 3.05) is 0 Å². The first-order valence-corrected chi connectivity index (χ1v) is 7.21. The molecule has 4 nitrogen and oxygen atoms in total. The summed E-state index contributed by atoms with van der Waals surface area (Å²) in [7, 11) is 0. The molecule has 0 bridgehead atoms. The molecule has 0 saturated heterocycles. The highest BCUT2D eigenvalue weighted by Crippen LogP contribution is 2.28. The molecule has 0 aliphatic rings. The first-order chi connectivity index (χ1) is 11.1. The molecule has 0 aliphatic carbocycles. The maximum atomic E-state index is 10.8. The fourth-order valence-electron chi connectivity index (χ4n) is 2.41. The van der Waals surface area contributed by atoms with Crippen LogP contribution >= 0.6 is 0 Å². The van der Waals surface area contributed by atoms with Gasteiger partial charge in [-0.25, -0.2) is 0 Å². The van der Waals surface area contributed by atoms with Gasteiger partial charge in [0.15, 0.2) is 0 Å². The second-order valence-electron chi connectivity index (χ2n) is 5.43. The summed E-state index contributed by atoms with van der Waals surface area (Å²) >= 11 is 0. The van der Waals surface area contributed by atoms with Crippen LogP contribution in [0.4, 0.5) is 0 Å². The van der Waals surface area contributed by atoms with E-state index in [-0.39, 0.29) is 0 Å². The third-order valence-electron chi connectivity index (χ3n) is 3.85. The van der Waals surface area contributed by atoms with E-state index in [0.29, 0.717) is 11.3 Å². The van der Waals surface area contributed by atoms with Crippen molar-refractivity contribution < 1.29 is 5.11 Å². The minimum Gasteiger partial charge on any atom is -0.379 e. The molecule has 112 valence electrons. The van der Waals surface area contributed by atoms with Crippen molar-refractivity contribution in [1.29, 1.82) is 5.26 Å². The molecule has 0 saturated carbocycles. The number of hydrogen-bond donors (Lipinski definition) is 1. The summed E-state index contributed by atoms with van der Waals surface area (Å²) in [6, 6.07) is 16.7. The van der Waals surface area contributed by atoms with Gasteiger partial charge < -0.3 is 5.11 Å². The van der Waals surface area contributed by atoms with Crippen molar-refractivity contribution >= 4 is 0 Å². The monoisotopic (exact) mass is 301 g/mol. The minimum absolute atomic E-state index is 0.570. The lowest BCUT2D eigenvalue weighted by molar-refractivity contribution is 0.0973. The normalized spacial score (nSPS) is 13.1. The molecule has 4 heteroatoms. The molecular weight excluding hydrogens is 286 g/mol. The van der Waals surface area contributed by atoms with Crippen LogP contribution in [0.1, 0.15) is 23.7 Å². The number of aliphatic hydroxyl groups is 1. The van der Waals surface area contributed by atoms with Crippen LogP contribution in [0.15, 0.2) is 67.1 Å². The average molecular weight is 301 g/mol. The topological polar surface area (TPSA) is 69.8 Å². The van der Waals surface area contributed by atoms with E-state index in [0.717, 1.165) is 16.7 Å². The van der Waals surface area contributed by atoms with Gasteiger partial charge in [-0.2, -0.15) is 5.26 Å². The van der Waals surface area contributed by atoms with Gasteiger partial charge in [0.2, 0.25) is 0 Å². The molecule has 0 spiro atoms. The Morgan fingerprint density at radius 2 is 1.61 bits per heavy atom. The number of pyridine rings is 2. The summed E-state index contributed by atoms with van der Waals surface area (Å²) in [6.07, 6.45) is 5.02. The second kappa shape index (κ2) is 5.99. The van der Waals surface area contributed by atoms with Crippen LogP contribution in [0.25, 0.3) is 11.1 Å². The molecule has 0 fully saturated rings. The van der Waals surface area contributed by atoms with Crippen LogP contribution in [0.3, 0.4) is 0 Å². The highest BCUT2D eigenvalue weighted by atomic mass is 16.3. The molecular formula is C19H15N3O. The highest BCUT2D eigenvalue weighted by Gasteiger charge is 2.26. The van der Waals surface area contributed by atoms with Gasteiger partial charge in [0, 0.05) is 24.2 Å². The number of aromatic nitrogens is 2. The summed E-state index contributed by atoms with van der Waals surface area (Å²) in [5.74, 6) is 0. The van der Waals surface area contributed by atoms with Gasteiger partial charge in [-0.3, -0.25) is 9.97 Å². The van der Waals surface area contributed by atoms with E-state index in [1.165, 1.54) is 0 Å². The molecule has 3 aromatic rings. The summed E-state index contributed by atoms with van der Waals surface area (Å²) in [6.45, 7) is 1.71. The zero-order valence-corrected chi connectivity index (χ0v) is 12.6. The van der Waals surface area contributed by atoms with E-state index in [1.54, 1.807) is 49.8 Å². The first kappa shape index (κ1) is 14.9. The highest BCUT2D eigenvalue weighted by molar-refractivity contribution is 5.63. The molecule has 0 amide bonds. The maximum Gasteiger partial charge on any atom is 0.129 e. The third kappa shape index (κ3) is 2.96. The molecule has 1 atom stereocenters. The fourth-order valence-corrected chi connectivity index (χ4v) is 2.41. The molecule has 2 aromatic heterocycles. The number of nitrogens with zero attached hydrogens (tertiary/aromatic N) is 3. The summed E-state index contributed by atoms with van der Waals surface area (Å²) in [5.41, 5.74) is 2.67. The van der Waals surface area contributed by atoms with Crippen LogP contribution in [-0.4, -0.2) is 15.1 Å². The second-order valence-corrected chi connectivity index (χ2v) is 5.43. The predicted molar refractivity (Wildman–Crippen MR) is 87.3 cm³/mol. The van der Waals surface area contributed by atoms with Crippen molar-refractivity contribution in [3.8, 4) is 17.2 Å². The lowest BCUT2D eigenvalue weighted by atomic mass is 9.92. The van der Waals surface area contributed by atoms with Gasteiger partial charge in [0.05, 0.1) is 17.3 Å². The van der Waals surface area contributed by atoms with Crippen molar-refractivity contribution in [3.05, 3.63) is 83.9 Å². The molecule has 0 radical (unpaired) electrons. The lowest BCUT2D eigenvalue weighted by Crippen LogP contribution is -2.24. The minimum atomic E-state index is -1.17. The molecule has 3 rings (SSSR count). The summed E-state index contributed by atoms with van der Waals surface area (Å²) in [4.78, 5) is 8.38. The van der Waals surface area contributed by atoms with Crippen molar-refractivity contribution in [3.63, 3.8) is 0 Å². The van der Waals surface area contributed by atoms with Gasteiger partial charge in [0.25, 0.3) is 0 Å². The van der Waals surface area contributed by atoms with E-state index in [1.807, 2.05) is 24.3 Å². The smallest absolute Gasteiger partial charge is 0.129 e. The Balaban J connectivity index is 1.91. The van der Waals surface area contributed by atoms with E-state index < -0.39 is 5.60 Å². The van der Waals surface area contributed by atoms with E-state index in [4.69, 9.17) is 5.26 Å². The molecule has 1 unspecified atom stereocenters. The number of benzene rings is 1. The van der Waals surface area contributed by atoms with Crippen LogP contribution in [0.2, 0.25) is 0 Å². The Hall–Kier alpha value is -3.03. The standard InChI is InChI=1S/C19H15N3O/c1-19(23,17-8-10-21-11-9-17)18-7-6-16(13-22-18)15-4-2-14(12-20)3-5-15/h2-11,13,23H,1H3. The first-order valence-electron chi connectivity index (χ1n) is 7.21. The van der Waals surface area contributed by atoms with Gasteiger partial charge in [0.1, 0.15) is 5.60 Å². The molecule has 2 heterocycles. The van der Waals surface area contributed by atoms with Gasteiger partial charge in [-0.1, -0.05) is 18.2 Å². The Bertz CT molecular complexity index is 833. The molecule has 1 N–H and O–H groups in total. The zero-order valence-electron chi connectivity index (χ0n) is 12.6. The molecule has 23 heavy (non-hydrogen) atoms.